The molecule has 0 fully saturated rings. The number of benzene rings is 2. The molecule has 1 nitrogen and oxygen atoms in total. The van der Waals surface area contributed by atoms with Crippen molar-refractivity contribution in [2.75, 3.05) is 0 Å². The fourth-order valence-electron chi connectivity index (χ4n) is 3.36. The molecule has 0 spiro atoms. The number of nitrogens with zero attached hydrogens (tertiary/aromatic N) is 1. The number of aromatic nitrogens is 1. The maximum atomic E-state index is 2.43. The van der Waals surface area contributed by atoms with Gasteiger partial charge in [-0.05, 0) is 62.1 Å². The molecule has 0 aliphatic heterocycles. The van der Waals surface area contributed by atoms with E-state index >= 15 is 0 Å². The first-order valence-electron chi connectivity index (χ1n) is 9.45. The number of rotatable bonds is 6. The summed E-state index contributed by atoms with van der Waals surface area (Å²) in [7, 11) is 0. The van der Waals surface area contributed by atoms with Crippen LogP contribution in [-0.4, -0.2) is 4.57 Å². The Bertz CT molecular complexity index is 940. The Balaban J connectivity index is 1.98. The molecule has 0 unspecified atom stereocenters. The second-order valence-electron chi connectivity index (χ2n) is 7.53. The topological polar surface area (TPSA) is 4.93 Å². The summed E-state index contributed by atoms with van der Waals surface area (Å²) in [5, 5.41) is 2.66. The van der Waals surface area contributed by atoms with E-state index in [-0.39, 0.29) is 0 Å². The van der Waals surface area contributed by atoms with Crippen molar-refractivity contribution in [3.05, 3.63) is 94.8 Å². The minimum absolute atomic E-state index is 0.919. The highest BCUT2D eigenvalue weighted by Crippen LogP contribution is 2.22. The molecule has 2 aromatic carbocycles. The Morgan fingerprint density at radius 1 is 0.769 bits per heavy atom. The Kier molecular flexibility index (Phi) is 5.78. The number of hydrogen-bond acceptors (Lipinski definition) is 0. The Morgan fingerprint density at radius 2 is 1.46 bits per heavy atom. The largest absolute Gasteiger partial charge is 0.346 e. The highest BCUT2D eigenvalue weighted by molar-refractivity contribution is 5.85. The van der Waals surface area contributed by atoms with Crippen LogP contribution in [0, 0.1) is 0 Å². The fourth-order valence-corrected chi connectivity index (χ4v) is 3.36. The van der Waals surface area contributed by atoms with Crippen molar-refractivity contribution in [1.29, 1.82) is 0 Å². The van der Waals surface area contributed by atoms with Crippen molar-refractivity contribution in [3.63, 3.8) is 0 Å². The summed E-state index contributed by atoms with van der Waals surface area (Å²) in [4.78, 5) is 0. The van der Waals surface area contributed by atoms with Gasteiger partial charge in [-0.15, -0.1) is 0 Å². The van der Waals surface area contributed by atoms with Gasteiger partial charge in [0.1, 0.15) is 0 Å². The lowest BCUT2D eigenvalue weighted by molar-refractivity contribution is 0.760. The third-order valence-electron chi connectivity index (χ3n) is 4.83. The van der Waals surface area contributed by atoms with Crippen molar-refractivity contribution in [3.8, 4) is 0 Å². The predicted molar refractivity (Wildman–Crippen MR) is 114 cm³/mol. The van der Waals surface area contributed by atoms with E-state index < -0.39 is 0 Å². The molecule has 1 heteroatoms. The summed E-state index contributed by atoms with van der Waals surface area (Å²) in [6.45, 7) is 9.61. The molecule has 0 saturated carbocycles. The van der Waals surface area contributed by atoms with Gasteiger partial charge in [-0.1, -0.05) is 65.8 Å². The molecule has 0 amide bonds. The van der Waals surface area contributed by atoms with Crippen LogP contribution >= 0.6 is 0 Å². The normalized spacial score (nSPS) is 10.8. The van der Waals surface area contributed by atoms with Gasteiger partial charge < -0.3 is 4.57 Å². The predicted octanol–water partition coefficient (Wildman–Crippen LogP) is 6.71. The third-order valence-corrected chi connectivity index (χ3v) is 4.83. The van der Waals surface area contributed by atoms with E-state index in [1.54, 1.807) is 0 Å². The lowest BCUT2D eigenvalue weighted by atomic mass is 10.0. The van der Waals surface area contributed by atoms with Crippen LogP contribution in [-0.2, 0) is 19.4 Å². The van der Waals surface area contributed by atoms with Crippen molar-refractivity contribution in [1.82, 2.24) is 4.57 Å². The van der Waals surface area contributed by atoms with E-state index in [2.05, 4.69) is 99.1 Å². The van der Waals surface area contributed by atoms with Crippen LogP contribution in [0.2, 0.25) is 0 Å². The summed E-state index contributed by atoms with van der Waals surface area (Å²) in [6, 6.07) is 17.6. The summed E-state index contributed by atoms with van der Waals surface area (Å²) in [5.74, 6) is 0. The van der Waals surface area contributed by atoms with Gasteiger partial charge >= 0.3 is 0 Å². The highest BCUT2D eigenvalue weighted by atomic mass is 15.0. The summed E-state index contributed by atoms with van der Waals surface area (Å²) in [6.07, 6.45) is 8.91. The van der Waals surface area contributed by atoms with Crippen LogP contribution in [0.3, 0.4) is 0 Å². The van der Waals surface area contributed by atoms with Crippen LogP contribution in [0.1, 0.15) is 44.5 Å². The lowest BCUT2D eigenvalue weighted by Crippen LogP contribution is -2.05. The van der Waals surface area contributed by atoms with E-state index in [0.717, 1.165) is 19.4 Å². The smallest absolute Gasteiger partial charge is 0.0479 e. The van der Waals surface area contributed by atoms with Gasteiger partial charge in [0.15, 0.2) is 0 Å². The molecule has 3 rings (SSSR count). The van der Waals surface area contributed by atoms with E-state index in [9.17, 15) is 0 Å². The van der Waals surface area contributed by atoms with Crippen molar-refractivity contribution in [2.24, 2.45) is 0 Å². The van der Waals surface area contributed by atoms with Gasteiger partial charge in [0.05, 0.1) is 0 Å². The Labute approximate surface area is 157 Å². The molecule has 26 heavy (non-hydrogen) atoms. The molecule has 0 bridgehead atoms. The van der Waals surface area contributed by atoms with Crippen molar-refractivity contribution >= 4 is 10.8 Å². The Hall–Kier alpha value is -2.54. The zero-order chi connectivity index (χ0) is 18.5. The monoisotopic (exact) mass is 343 g/mol. The molecule has 0 N–H and O–H groups in total. The second-order valence-corrected chi connectivity index (χ2v) is 7.53. The average Bonchev–Trinajstić information content (AvgIpc) is 3.00. The van der Waals surface area contributed by atoms with E-state index in [4.69, 9.17) is 0 Å². The molecule has 134 valence electrons. The molecular weight excluding hydrogens is 314 g/mol. The SMILES string of the molecule is CC(C)=CCc1ccn(Cc2cccc3ccccc23)c1CC=C(C)C. The van der Waals surface area contributed by atoms with E-state index in [1.165, 1.54) is 38.7 Å². The zero-order valence-electron chi connectivity index (χ0n) is 16.4. The van der Waals surface area contributed by atoms with Gasteiger partial charge in [-0.3, -0.25) is 0 Å². The zero-order valence-corrected chi connectivity index (χ0v) is 16.4. The first kappa shape index (κ1) is 18.3. The molecule has 0 saturated heterocycles. The van der Waals surface area contributed by atoms with Crippen LogP contribution in [0.4, 0.5) is 0 Å². The van der Waals surface area contributed by atoms with Crippen molar-refractivity contribution < 1.29 is 0 Å². The summed E-state index contributed by atoms with van der Waals surface area (Å²) >= 11 is 0. The van der Waals surface area contributed by atoms with Crippen LogP contribution in [0.5, 0.6) is 0 Å². The van der Waals surface area contributed by atoms with Crippen LogP contribution in [0.15, 0.2) is 78.0 Å². The third kappa shape index (κ3) is 4.35. The van der Waals surface area contributed by atoms with Gasteiger partial charge in [-0.2, -0.15) is 0 Å². The minimum Gasteiger partial charge on any atom is -0.346 e. The molecule has 1 aromatic heterocycles. The minimum atomic E-state index is 0.919. The first-order valence-corrected chi connectivity index (χ1v) is 9.45. The molecule has 0 aliphatic carbocycles. The Morgan fingerprint density at radius 3 is 2.23 bits per heavy atom. The fraction of sp³-hybridized carbons (Fsp3) is 0.280. The summed E-state index contributed by atoms with van der Waals surface area (Å²) in [5.41, 5.74) is 6.99. The van der Waals surface area contributed by atoms with E-state index in [0.29, 0.717) is 0 Å². The van der Waals surface area contributed by atoms with Crippen molar-refractivity contribution in [2.45, 2.75) is 47.1 Å². The maximum Gasteiger partial charge on any atom is 0.0479 e. The molecule has 0 atom stereocenters. The van der Waals surface area contributed by atoms with E-state index in [1.807, 2.05) is 0 Å². The van der Waals surface area contributed by atoms with Gasteiger partial charge in [0.2, 0.25) is 0 Å². The molecule has 1 heterocycles. The number of hydrogen-bond donors (Lipinski definition) is 0. The average molecular weight is 344 g/mol. The van der Waals surface area contributed by atoms with Crippen LogP contribution in [0.25, 0.3) is 10.8 Å². The molecule has 3 aromatic rings. The molecule has 0 aliphatic rings. The van der Waals surface area contributed by atoms with Gasteiger partial charge in [-0.25, -0.2) is 0 Å². The standard InChI is InChI=1S/C25H29N/c1-19(2)12-14-22-16-17-26(25(22)15-13-20(3)4)18-23-10-7-9-21-8-5-6-11-24(21)23/h5-13,16-17H,14-15,18H2,1-4H3. The second kappa shape index (κ2) is 8.23. The quantitative estimate of drug-likeness (QED) is 0.438. The number of fused-ring (bicyclic) bond motifs is 1. The van der Waals surface area contributed by atoms with Gasteiger partial charge in [0.25, 0.3) is 0 Å². The van der Waals surface area contributed by atoms with Gasteiger partial charge in [0, 0.05) is 24.9 Å². The number of allylic oxidation sites excluding steroid dienone is 4. The first-order chi connectivity index (χ1) is 12.5. The maximum absolute atomic E-state index is 2.43. The molecular formula is C25H29N. The molecule has 0 radical (unpaired) electrons. The highest BCUT2D eigenvalue weighted by Gasteiger charge is 2.09. The van der Waals surface area contributed by atoms with Crippen LogP contribution < -0.4 is 0 Å². The summed E-state index contributed by atoms with van der Waals surface area (Å²) < 4.78 is 2.43. The lowest BCUT2D eigenvalue weighted by Gasteiger charge is -2.12.